The van der Waals surface area contributed by atoms with E-state index < -0.39 is 29.1 Å². The first-order chi connectivity index (χ1) is 16.7. The predicted octanol–water partition coefficient (Wildman–Crippen LogP) is 6.70. The number of alkyl halides is 6. The van der Waals surface area contributed by atoms with Gasteiger partial charge in [-0.1, -0.05) is 57.9 Å². The normalized spacial score (nSPS) is 12.8. The number of fused-ring (bicyclic) bond motifs is 1. The Balaban J connectivity index is 1.92. The predicted molar refractivity (Wildman–Crippen MR) is 125 cm³/mol. The van der Waals surface area contributed by atoms with Gasteiger partial charge in [-0.15, -0.1) is 0 Å². The van der Waals surface area contributed by atoms with E-state index in [1.165, 1.54) is 6.07 Å². The van der Waals surface area contributed by atoms with Gasteiger partial charge in [-0.2, -0.15) is 26.3 Å². The summed E-state index contributed by atoms with van der Waals surface area (Å²) in [5.74, 6) is 0.173. The molecule has 12 heteroatoms. The van der Waals surface area contributed by atoms with E-state index in [-0.39, 0.29) is 33.9 Å². The number of benzene rings is 3. The van der Waals surface area contributed by atoms with Crippen LogP contribution in [0.15, 0.2) is 76.0 Å². The molecule has 4 rings (SSSR count). The van der Waals surface area contributed by atoms with E-state index in [1.54, 1.807) is 36.4 Å². The average molecular weight is 592 g/mol. The molecule has 0 aliphatic carbocycles. The molecule has 0 saturated heterocycles. The first-order valence-corrected chi connectivity index (χ1v) is 11.3. The van der Waals surface area contributed by atoms with Gasteiger partial charge in [0.15, 0.2) is 0 Å². The van der Waals surface area contributed by atoms with Crippen molar-refractivity contribution in [2.24, 2.45) is 0 Å². The number of halogens is 8. The van der Waals surface area contributed by atoms with E-state index in [0.717, 1.165) is 26.7 Å². The summed E-state index contributed by atoms with van der Waals surface area (Å²) < 4.78 is 81.5. The lowest BCUT2D eigenvalue weighted by Gasteiger charge is -2.32. The molecule has 0 atom stereocenters. The first-order valence-electron chi connectivity index (χ1n) is 10.2. The fourth-order valence-corrected chi connectivity index (χ4v) is 4.26. The number of nitrogens with zero attached hydrogens (tertiary/aromatic N) is 2. The number of hydrogen-bond acceptors (Lipinski definition) is 3. The van der Waals surface area contributed by atoms with Crippen LogP contribution in [-0.2, 0) is 12.0 Å². The summed E-state index contributed by atoms with van der Waals surface area (Å²) >= 11 is 9.51. The third kappa shape index (κ3) is 4.51. The molecule has 0 spiro atoms. The van der Waals surface area contributed by atoms with Gasteiger partial charge in [0.05, 0.1) is 21.6 Å². The highest BCUT2D eigenvalue weighted by atomic mass is 79.9. The topological polar surface area (TPSA) is 55.1 Å². The summed E-state index contributed by atoms with van der Waals surface area (Å²) in [7, 11) is 0. The fraction of sp³-hybridized carbons (Fsp3) is 0.167. The van der Waals surface area contributed by atoms with Gasteiger partial charge in [0.2, 0.25) is 0 Å². The van der Waals surface area contributed by atoms with Crippen LogP contribution in [0.2, 0.25) is 5.02 Å². The van der Waals surface area contributed by atoms with Crippen LogP contribution in [0.4, 0.5) is 26.3 Å². The van der Waals surface area contributed by atoms with Crippen LogP contribution < -0.4 is 5.56 Å². The first kappa shape index (κ1) is 26.2. The van der Waals surface area contributed by atoms with Gasteiger partial charge in [-0.3, -0.25) is 9.36 Å². The zero-order valence-corrected chi connectivity index (χ0v) is 20.2. The van der Waals surface area contributed by atoms with E-state index >= 15 is 0 Å². The van der Waals surface area contributed by atoms with Crippen molar-refractivity contribution in [2.75, 3.05) is 0 Å². The molecule has 3 aromatic carbocycles. The van der Waals surface area contributed by atoms with E-state index in [4.69, 9.17) is 11.6 Å². The van der Waals surface area contributed by atoms with Crippen molar-refractivity contribution in [1.82, 2.24) is 9.55 Å². The van der Waals surface area contributed by atoms with E-state index in [0.29, 0.717) is 12.1 Å². The maximum absolute atomic E-state index is 13.4. The monoisotopic (exact) mass is 590 g/mol. The Bertz CT molecular complexity index is 1470. The number of aromatic nitrogens is 2. The third-order valence-electron chi connectivity index (χ3n) is 5.56. The van der Waals surface area contributed by atoms with Crippen molar-refractivity contribution in [3.8, 4) is 5.69 Å². The highest BCUT2D eigenvalue weighted by molar-refractivity contribution is 9.10. The molecule has 0 amide bonds. The number of rotatable bonds is 4. The average Bonchev–Trinajstić information content (AvgIpc) is 2.79. The largest absolute Gasteiger partial charge is 0.430 e. The van der Waals surface area contributed by atoms with Crippen molar-refractivity contribution >= 4 is 38.4 Å². The Kier molecular flexibility index (Phi) is 6.69. The third-order valence-corrected chi connectivity index (χ3v) is 6.40. The SMILES string of the molecule is O=c1c2c(Cl)cccc2nc(Cc2ccc(Br)cc2)n1-c1ccc(C(O)(C(F)(F)F)C(F)(F)F)cc1. The molecule has 1 N–H and O–H groups in total. The zero-order valence-electron chi connectivity index (χ0n) is 17.8. The lowest BCUT2D eigenvalue weighted by atomic mass is 9.92. The summed E-state index contributed by atoms with van der Waals surface area (Å²) in [6.07, 6.45) is -12.0. The Morgan fingerprint density at radius 1 is 0.889 bits per heavy atom. The molecular weight excluding hydrogens is 578 g/mol. The van der Waals surface area contributed by atoms with Gasteiger partial charge in [0, 0.05) is 16.5 Å². The lowest BCUT2D eigenvalue weighted by Crippen LogP contribution is -2.53. The van der Waals surface area contributed by atoms with Gasteiger partial charge >= 0.3 is 12.4 Å². The Morgan fingerprint density at radius 2 is 1.47 bits per heavy atom. The smallest absolute Gasteiger partial charge is 0.369 e. The highest BCUT2D eigenvalue weighted by Gasteiger charge is 2.71. The molecule has 36 heavy (non-hydrogen) atoms. The van der Waals surface area contributed by atoms with E-state index in [1.807, 2.05) is 0 Å². The number of aliphatic hydroxyl groups is 1. The zero-order chi connectivity index (χ0) is 26.5. The van der Waals surface area contributed by atoms with Crippen molar-refractivity contribution in [3.05, 3.63) is 104 Å². The van der Waals surface area contributed by atoms with Crippen molar-refractivity contribution in [3.63, 3.8) is 0 Å². The second kappa shape index (κ2) is 9.20. The minimum Gasteiger partial charge on any atom is -0.369 e. The minimum absolute atomic E-state index is 0.0323. The van der Waals surface area contributed by atoms with Crippen LogP contribution in [0.5, 0.6) is 0 Å². The standard InChI is InChI=1S/C24H14BrClF6N2O2/c25-15-8-4-13(5-9-15)12-19-33-18-3-1-2-17(26)20(18)21(35)34(19)16-10-6-14(7-11-16)22(36,23(27,28)29)24(30,31)32/h1-11,36H,12H2. The second-order valence-electron chi connectivity index (χ2n) is 7.86. The maximum Gasteiger partial charge on any atom is 0.430 e. The Hall–Kier alpha value is -2.89. The van der Waals surface area contributed by atoms with Gasteiger partial charge in [-0.25, -0.2) is 4.98 Å². The van der Waals surface area contributed by atoms with Crippen LogP contribution in [0.1, 0.15) is 17.0 Å². The number of hydrogen-bond donors (Lipinski definition) is 1. The summed E-state index contributed by atoms with van der Waals surface area (Å²) in [6.45, 7) is 0. The summed E-state index contributed by atoms with van der Waals surface area (Å²) in [4.78, 5) is 17.9. The molecule has 0 aliphatic heterocycles. The molecule has 0 fully saturated rings. The molecule has 0 aliphatic rings. The van der Waals surface area contributed by atoms with Crippen molar-refractivity contribution in [2.45, 2.75) is 24.4 Å². The van der Waals surface area contributed by atoms with E-state index in [9.17, 15) is 36.2 Å². The summed E-state index contributed by atoms with van der Waals surface area (Å²) in [5.41, 5.74) is -6.24. The Labute approximate surface area is 212 Å². The molecule has 0 unspecified atom stereocenters. The van der Waals surface area contributed by atoms with Crippen molar-refractivity contribution in [1.29, 1.82) is 0 Å². The molecule has 1 aromatic heterocycles. The van der Waals surface area contributed by atoms with E-state index in [2.05, 4.69) is 20.9 Å². The minimum atomic E-state index is -6.03. The molecule has 188 valence electrons. The summed E-state index contributed by atoms with van der Waals surface area (Å²) in [6, 6.07) is 14.4. The van der Waals surface area contributed by atoms with Crippen molar-refractivity contribution < 1.29 is 31.4 Å². The van der Waals surface area contributed by atoms with Crippen LogP contribution in [0, 0.1) is 0 Å². The molecule has 0 radical (unpaired) electrons. The molecule has 0 saturated carbocycles. The van der Waals surface area contributed by atoms with Crippen LogP contribution in [0.25, 0.3) is 16.6 Å². The van der Waals surface area contributed by atoms with Crippen LogP contribution >= 0.6 is 27.5 Å². The van der Waals surface area contributed by atoms with Crippen LogP contribution in [0.3, 0.4) is 0 Å². The van der Waals surface area contributed by atoms with Gasteiger partial charge in [0.25, 0.3) is 11.2 Å². The molecule has 0 bridgehead atoms. The Morgan fingerprint density at radius 3 is 2.03 bits per heavy atom. The second-order valence-corrected chi connectivity index (χ2v) is 9.18. The lowest BCUT2D eigenvalue weighted by molar-refractivity contribution is -0.376. The molecular formula is C24H14BrClF6N2O2. The quantitative estimate of drug-likeness (QED) is 0.269. The maximum atomic E-state index is 13.4. The highest BCUT2D eigenvalue weighted by Crippen LogP contribution is 2.50. The molecule has 1 heterocycles. The van der Waals surface area contributed by atoms with Crippen LogP contribution in [-0.4, -0.2) is 27.0 Å². The van der Waals surface area contributed by atoms with Gasteiger partial charge < -0.3 is 5.11 Å². The summed E-state index contributed by atoms with van der Waals surface area (Å²) in [5, 5.41) is 9.78. The molecule has 4 aromatic rings. The fourth-order valence-electron chi connectivity index (χ4n) is 3.75. The molecule has 4 nitrogen and oxygen atoms in total. The van der Waals surface area contributed by atoms with Gasteiger partial charge in [-0.05, 0) is 42.0 Å². The van der Waals surface area contributed by atoms with Gasteiger partial charge in [0.1, 0.15) is 5.82 Å².